The second kappa shape index (κ2) is 9.33. The highest BCUT2D eigenvalue weighted by Gasteiger charge is 2.29. The molecule has 0 bridgehead atoms. The van der Waals surface area contributed by atoms with Gasteiger partial charge < -0.3 is 14.8 Å². The van der Waals surface area contributed by atoms with E-state index in [-0.39, 0.29) is 24.1 Å². The third kappa shape index (κ3) is 6.83. The van der Waals surface area contributed by atoms with Crippen LogP contribution in [0.1, 0.15) is 5.56 Å². The molecule has 1 aromatic heterocycles. The van der Waals surface area contributed by atoms with Crippen LogP contribution in [0, 0.1) is 0 Å². The lowest BCUT2D eigenvalue weighted by Crippen LogP contribution is -2.25. The first-order chi connectivity index (χ1) is 12.4. The summed E-state index contributed by atoms with van der Waals surface area (Å²) in [6.45, 7) is -1.40. The molecule has 2 rings (SSSR count). The minimum atomic E-state index is -4.45. The number of halogens is 3. The maximum Gasteiger partial charge on any atom is 0.422 e. The molecule has 0 fully saturated rings. The largest absolute Gasteiger partial charge is 0.497 e. The van der Waals surface area contributed by atoms with Crippen LogP contribution < -0.4 is 14.8 Å². The van der Waals surface area contributed by atoms with Crippen LogP contribution >= 0.6 is 11.8 Å². The standard InChI is InChI=1S/C17H17F3N2O3S/c1-24-13-4-6-14(7-5-13)26-10-15(23)22-9-12-3-2-8-21-16(12)25-11-17(18,19)20/h2-8H,9-11H2,1H3,(H,22,23). The number of carbonyl (C=O) groups excluding carboxylic acids is 1. The van der Waals surface area contributed by atoms with Gasteiger partial charge in [-0.2, -0.15) is 13.2 Å². The van der Waals surface area contributed by atoms with E-state index in [1.54, 1.807) is 31.4 Å². The second-order valence-electron chi connectivity index (χ2n) is 5.11. The van der Waals surface area contributed by atoms with Gasteiger partial charge >= 0.3 is 6.18 Å². The van der Waals surface area contributed by atoms with Crippen LogP contribution in [0.2, 0.25) is 0 Å². The van der Waals surface area contributed by atoms with Crippen molar-refractivity contribution >= 4 is 17.7 Å². The van der Waals surface area contributed by atoms with Crippen LogP contribution in [-0.2, 0) is 11.3 Å². The minimum Gasteiger partial charge on any atom is -0.497 e. The van der Waals surface area contributed by atoms with Crippen molar-refractivity contribution in [1.29, 1.82) is 0 Å². The molecule has 0 spiro atoms. The summed E-state index contributed by atoms with van der Waals surface area (Å²) in [5.74, 6) is 0.497. The van der Waals surface area contributed by atoms with Gasteiger partial charge in [-0.3, -0.25) is 4.79 Å². The van der Waals surface area contributed by atoms with Crippen molar-refractivity contribution in [2.45, 2.75) is 17.6 Å². The minimum absolute atomic E-state index is 0.0308. The number of hydrogen-bond donors (Lipinski definition) is 1. The van der Waals surface area contributed by atoms with Gasteiger partial charge in [-0.25, -0.2) is 4.98 Å². The van der Waals surface area contributed by atoms with E-state index in [2.05, 4.69) is 15.0 Å². The van der Waals surface area contributed by atoms with Crippen molar-refractivity contribution < 1.29 is 27.4 Å². The Bertz CT molecular complexity index is 724. The van der Waals surface area contributed by atoms with E-state index in [1.165, 1.54) is 18.0 Å². The summed E-state index contributed by atoms with van der Waals surface area (Å²) < 4.78 is 46.5. The Labute approximate surface area is 152 Å². The number of methoxy groups -OCH3 is 1. The van der Waals surface area contributed by atoms with Gasteiger partial charge in [-0.1, -0.05) is 6.07 Å². The summed E-state index contributed by atoms with van der Waals surface area (Å²) in [7, 11) is 1.57. The molecule has 0 radical (unpaired) electrons. The van der Waals surface area contributed by atoms with E-state index in [0.29, 0.717) is 5.56 Å². The number of ether oxygens (including phenoxy) is 2. The van der Waals surface area contributed by atoms with Gasteiger partial charge in [0.1, 0.15) is 5.75 Å². The zero-order chi connectivity index (χ0) is 19.0. The highest BCUT2D eigenvalue weighted by Crippen LogP contribution is 2.22. The fourth-order valence-corrected chi connectivity index (χ4v) is 2.63. The van der Waals surface area contributed by atoms with Crippen molar-refractivity contribution in [2.24, 2.45) is 0 Å². The van der Waals surface area contributed by atoms with Crippen LogP contribution in [0.4, 0.5) is 13.2 Å². The Kier molecular flexibility index (Phi) is 7.14. The van der Waals surface area contributed by atoms with E-state index in [4.69, 9.17) is 4.74 Å². The molecule has 26 heavy (non-hydrogen) atoms. The first-order valence-electron chi connectivity index (χ1n) is 7.54. The van der Waals surface area contributed by atoms with Crippen LogP contribution in [0.5, 0.6) is 11.6 Å². The maximum absolute atomic E-state index is 12.3. The van der Waals surface area contributed by atoms with Crippen molar-refractivity contribution in [1.82, 2.24) is 10.3 Å². The van der Waals surface area contributed by atoms with Crippen molar-refractivity contribution in [2.75, 3.05) is 19.5 Å². The number of carbonyl (C=O) groups is 1. The fraction of sp³-hybridized carbons (Fsp3) is 0.294. The predicted octanol–water partition coefficient (Wildman–Crippen LogP) is 3.44. The third-order valence-corrected chi connectivity index (χ3v) is 4.14. The first kappa shape index (κ1) is 19.9. The molecule has 1 amide bonds. The Morgan fingerprint density at radius 3 is 2.62 bits per heavy atom. The number of alkyl halides is 3. The number of nitrogens with one attached hydrogen (secondary N) is 1. The van der Waals surface area contributed by atoms with Crippen molar-refractivity contribution in [3.05, 3.63) is 48.2 Å². The molecule has 5 nitrogen and oxygen atoms in total. The number of hydrogen-bond acceptors (Lipinski definition) is 5. The van der Waals surface area contributed by atoms with Crippen LogP contribution in [0.3, 0.4) is 0 Å². The topological polar surface area (TPSA) is 60.5 Å². The molecule has 9 heteroatoms. The van der Waals surface area contributed by atoms with E-state index in [9.17, 15) is 18.0 Å². The lowest BCUT2D eigenvalue weighted by atomic mass is 10.2. The maximum atomic E-state index is 12.3. The van der Waals surface area contributed by atoms with Gasteiger partial charge in [0.2, 0.25) is 11.8 Å². The van der Waals surface area contributed by atoms with Crippen LogP contribution in [0.25, 0.3) is 0 Å². The predicted molar refractivity (Wildman–Crippen MR) is 91.4 cm³/mol. The highest BCUT2D eigenvalue weighted by molar-refractivity contribution is 8.00. The lowest BCUT2D eigenvalue weighted by molar-refractivity contribution is -0.154. The van der Waals surface area contributed by atoms with Gasteiger partial charge in [0.15, 0.2) is 6.61 Å². The number of nitrogens with zero attached hydrogens (tertiary/aromatic N) is 1. The number of aromatic nitrogens is 1. The molecule has 1 N–H and O–H groups in total. The molecule has 0 aliphatic heterocycles. The van der Waals surface area contributed by atoms with Gasteiger partial charge in [0.05, 0.1) is 12.9 Å². The Morgan fingerprint density at radius 2 is 1.96 bits per heavy atom. The van der Waals surface area contributed by atoms with Crippen LogP contribution in [0.15, 0.2) is 47.5 Å². The van der Waals surface area contributed by atoms with E-state index < -0.39 is 12.8 Å². The summed E-state index contributed by atoms with van der Waals surface area (Å²) in [6.07, 6.45) is -3.12. The van der Waals surface area contributed by atoms with E-state index in [0.717, 1.165) is 10.6 Å². The van der Waals surface area contributed by atoms with Crippen LogP contribution in [-0.4, -0.2) is 36.5 Å². The number of thioether (sulfide) groups is 1. The van der Waals surface area contributed by atoms with E-state index >= 15 is 0 Å². The molecule has 0 atom stereocenters. The summed E-state index contributed by atoms with van der Waals surface area (Å²) in [4.78, 5) is 16.6. The Hall–Kier alpha value is -2.42. The van der Waals surface area contributed by atoms with Gasteiger partial charge in [0.25, 0.3) is 0 Å². The zero-order valence-corrected chi connectivity index (χ0v) is 14.7. The highest BCUT2D eigenvalue weighted by atomic mass is 32.2. The molecule has 0 unspecified atom stereocenters. The normalized spacial score (nSPS) is 11.1. The zero-order valence-electron chi connectivity index (χ0n) is 13.9. The third-order valence-electron chi connectivity index (χ3n) is 3.13. The van der Waals surface area contributed by atoms with Crippen molar-refractivity contribution in [3.8, 4) is 11.6 Å². The molecule has 0 saturated heterocycles. The SMILES string of the molecule is COc1ccc(SCC(=O)NCc2cccnc2OCC(F)(F)F)cc1. The average Bonchev–Trinajstić information content (AvgIpc) is 2.63. The van der Waals surface area contributed by atoms with E-state index in [1.807, 2.05) is 12.1 Å². The van der Waals surface area contributed by atoms with Gasteiger partial charge in [0, 0.05) is 23.2 Å². The summed E-state index contributed by atoms with van der Waals surface area (Å²) in [5, 5.41) is 2.64. The molecule has 0 aliphatic rings. The number of rotatable bonds is 8. The summed E-state index contributed by atoms with van der Waals surface area (Å²) in [5.41, 5.74) is 0.375. The molecule has 2 aromatic rings. The number of benzene rings is 1. The molecule has 0 saturated carbocycles. The van der Waals surface area contributed by atoms with Crippen molar-refractivity contribution in [3.63, 3.8) is 0 Å². The van der Waals surface area contributed by atoms with Gasteiger partial charge in [-0.05, 0) is 30.3 Å². The summed E-state index contributed by atoms with van der Waals surface area (Å²) in [6, 6.07) is 10.4. The molecule has 140 valence electrons. The molecular weight excluding hydrogens is 369 g/mol. The molecule has 0 aliphatic carbocycles. The summed E-state index contributed by atoms with van der Waals surface area (Å²) >= 11 is 1.34. The Balaban J connectivity index is 1.83. The Morgan fingerprint density at radius 1 is 1.23 bits per heavy atom. The second-order valence-corrected chi connectivity index (χ2v) is 6.16. The fourth-order valence-electron chi connectivity index (χ4n) is 1.90. The molecule has 1 aromatic carbocycles. The molecule has 1 heterocycles. The van der Waals surface area contributed by atoms with Gasteiger partial charge in [-0.15, -0.1) is 11.8 Å². The molecular formula is C17H17F3N2O3S. The lowest BCUT2D eigenvalue weighted by Gasteiger charge is -2.12. The quantitative estimate of drug-likeness (QED) is 0.705. The average molecular weight is 386 g/mol. The number of pyridine rings is 1. The number of amides is 1. The monoisotopic (exact) mass is 386 g/mol. The smallest absolute Gasteiger partial charge is 0.422 e. The first-order valence-corrected chi connectivity index (χ1v) is 8.53.